The van der Waals surface area contributed by atoms with Gasteiger partial charge in [0.1, 0.15) is 0 Å². The largest absolute Gasteiger partial charge is 1.00 e. The van der Waals surface area contributed by atoms with E-state index in [4.69, 9.17) is 5.11 Å². The van der Waals surface area contributed by atoms with Crippen molar-refractivity contribution in [2.45, 2.75) is 19.4 Å². The van der Waals surface area contributed by atoms with Crippen LogP contribution in [0.3, 0.4) is 0 Å². The average Bonchev–Trinajstić information content (AvgIpc) is 1.14. The molecule has 0 rings (SSSR count). The molecule has 0 saturated heterocycles. The summed E-state index contributed by atoms with van der Waals surface area (Å²) in [6.45, 7) is 2.53. The van der Waals surface area contributed by atoms with Gasteiger partial charge in [0.2, 0.25) is 0 Å². The molecule has 0 aliphatic carbocycles. The second-order valence-electron chi connectivity index (χ2n) is 2.51. The van der Waals surface area contributed by atoms with Crippen molar-refractivity contribution in [3.63, 3.8) is 0 Å². The van der Waals surface area contributed by atoms with Crippen LogP contribution in [0.25, 0.3) is 0 Å². The molecule has 0 atom stereocenters. The van der Waals surface area contributed by atoms with Gasteiger partial charge in [0.05, 0.1) is 21.5 Å². The minimum Gasteiger partial charge on any atom is -0.748 e. The molecule has 0 bridgehead atoms. The third-order valence-electron chi connectivity index (χ3n) is 0.530. The van der Waals surface area contributed by atoms with Crippen LogP contribution in [0.1, 0.15) is 13.8 Å². The minimum absolute atomic E-state index is 0. The number of aliphatic hydroxyl groups is 1. The van der Waals surface area contributed by atoms with Crippen molar-refractivity contribution in [1.82, 2.24) is 0 Å². The van der Waals surface area contributed by atoms with Crippen LogP contribution >= 0.6 is 0 Å². The van der Waals surface area contributed by atoms with Crippen LogP contribution in [0.15, 0.2) is 0 Å². The fourth-order valence-electron chi connectivity index (χ4n) is 0.433. The van der Waals surface area contributed by atoms with Crippen molar-refractivity contribution in [3.8, 4) is 0 Å². The summed E-state index contributed by atoms with van der Waals surface area (Å²) >= 11 is 0. The zero-order chi connectivity index (χ0) is 7.71. The summed E-state index contributed by atoms with van der Waals surface area (Å²) in [7, 11) is -4.28. The van der Waals surface area contributed by atoms with E-state index < -0.39 is 21.5 Å². The summed E-state index contributed by atoms with van der Waals surface area (Å²) in [6.07, 6.45) is 0. The molecule has 0 aromatic rings. The molecule has 1 N–H and O–H groups in total. The van der Waals surface area contributed by atoms with E-state index >= 15 is 0 Å². The summed E-state index contributed by atoms with van der Waals surface area (Å²) in [5.74, 6) is -0.736. The average molecular weight is 176 g/mol. The van der Waals surface area contributed by atoms with Crippen LogP contribution in [-0.2, 0) is 10.1 Å². The van der Waals surface area contributed by atoms with E-state index in [0.29, 0.717) is 0 Å². The van der Waals surface area contributed by atoms with Gasteiger partial charge < -0.3 is 9.66 Å². The maximum atomic E-state index is 9.93. The number of hydrogen-bond donors (Lipinski definition) is 1. The molecule has 0 heterocycles. The third kappa shape index (κ3) is 11.6. The maximum Gasteiger partial charge on any atom is 1.00 e. The van der Waals surface area contributed by atoms with E-state index in [1.54, 1.807) is 0 Å². The Morgan fingerprint density at radius 1 is 1.50 bits per heavy atom. The summed E-state index contributed by atoms with van der Waals surface area (Å²) in [5, 5.41) is 8.77. The van der Waals surface area contributed by atoms with Crippen molar-refractivity contribution in [2.24, 2.45) is 0 Å². The Labute approximate surface area is 82.7 Å². The Kier molecular flexibility index (Phi) is 5.43. The van der Waals surface area contributed by atoms with E-state index in [-0.39, 0.29) is 29.6 Å². The van der Waals surface area contributed by atoms with Crippen molar-refractivity contribution in [2.75, 3.05) is 5.75 Å². The molecule has 4 nitrogen and oxygen atoms in total. The monoisotopic (exact) mass is 176 g/mol. The molecule has 0 aromatic carbocycles. The predicted octanol–water partition coefficient (Wildman–Crippen LogP) is -3.69. The zero-order valence-corrected chi connectivity index (χ0v) is 9.10. The Bertz CT molecular complexity index is 178. The van der Waals surface area contributed by atoms with Crippen LogP contribution in [0.5, 0.6) is 0 Å². The van der Waals surface area contributed by atoms with Gasteiger partial charge >= 0.3 is 29.6 Å². The fourth-order valence-corrected chi connectivity index (χ4v) is 1.30. The van der Waals surface area contributed by atoms with Crippen molar-refractivity contribution < 1.29 is 47.6 Å². The van der Waals surface area contributed by atoms with Crippen LogP contribution < -0.4 is 29.6 Å². The van der Waals surface area contributed by atoms with E-state index in [1.807, 2.05) is 0 Å². The quantitative estimate of drug-likeness (QED) is 0.347. The molecule has 0 amide bonds. The number of rotatable bonds is 2. The van der Waals surface area contributed by atoms with Crippen LogP contribution in [0.2, 0.25) is 0 Å². The van der Waals surface area contributed by atoms with Gasteiger partial charge in [-0.3, -0.25) is 0 Å². The molecule has 0 spiro atoms. The molecule has 10 heavy (non-hydrogen) atoms. The van der Waals surface area contributed by atoms with Gasteiger partial charge in [0.25, 0.3) is 0 Å². The van der Waals surface area contributed by atoms with Gasteiger partial charge in [-0.15, -0.1) is 0 Å². The third-order valence-corrected chi connectivity index (χ3v) is 1.59. The Morgan fingerprint density at radius 2 is 1.80 bits per heavy atom. The van der Waals surface area contributed by atoms with E-state index in [1.165, 1.54) is 13.8 Å². The molecule has 0 fully saturated rings. The zero-order valence-electron chi connectivity index (χ0n) is 6.29. The maximum absolute atomic E-state index is 9.93. The van der Waals surface area contributed by atoms with E-state index in [0.717, 1.165) is 0 Å². The molecule has 0 saturated carbocycles. The molecule has 56 valence electrons. The summed E-state index contributed by atoms with van der Waals surface area (Å²) in [4.78, 5) is 0. The molecular weight excluding hydrogens is 167 g/mol. The molecule has 0 radical (unpaired) electrons. The Morgan fingerprint density at radius 3 is 1.80 bits per heavy atom. The first kappa shape index (κ1) is 13.5. The van der Waals surface area contributed by atoms with Gasteiger partial charge in [-0.05, 0) is 13.8 Å². The molecule has 6 heteroatoms. The van der Waals surface area contributed by atoms with Crippen molar-refractivity contribution >= 4 is 10.1 Å². The Hall–Kier alpha value is 0.870. The standard InChI is InChI=1S/C4H10O4S.Na/c1-4(2,5)3-9(6,7)8;/h5H,3H2,1-2H3,(H,6,7,8);/q;+1/p-1. The summed E-state index contributed by atoms with van der Waals surface area (Å²) < 4.78 is 29.8. The smallest absolute Gasteiger partial charge is 0.748 e. The SMILES string of the molecule is CC(C)(O)CS(=O)(=O)[O-].[Na+]. The molecule has 0 unspecified atom stereocenters. The van der Waals surface area contributed by atoms with E-state index in [9.17, 15) is 13.0 Å². The van der Waals surface area contributed by atoms with E-state index in [2.05, 4.69) is 0 Å². The van der Waals surface area contributed by atoms with Gasteiger partial charge in [0.15, 0.2) is 0 Å². The first-order valence-electron chi connectivity index (χ1n) is 2.37. The van der Waals surface area contributed by atoms with Crippen LogP contribution in [0.4, 0.5) is 0 Å². The first-order chi connectivity index (χ1) is 3.71. The van der Waals surface area contributed by atoms with Crippen LogP contribution in [-0.4, -0.2) is 29.4 Å². The van der Waals surface area contributed by atoms with Crippen molar-refractivity contribution in [3.05, 3.63) is 0 Å². The number of hydrogen-bond acceptors (Lipinski definition) is 4. The molecule has 0 aliphatic rings. The molecule has 0 aliphatic heterocycles. The predicted molar refractivity (Wildman–Crippen MR) is 30.9 cm³/mol. The topological polar surface area (TPSA) is 77.4 Å². The second kappa shape index (κ2) is 4.04. The van der Waals surface area contributed by atoms with Gasteiger partial charge in [-0.1, -0.05) is 0 Å². The molecule has 0 aromatic heterocycles. The van der Waals surface area contributed by atoms with Gasteiger partial charge in [0, 0.05) is 0 Å². The minimum atomic E-state index is -4.28. The summed E-state index contributed by atoms with van der Waals surface area (Å²) in [5.41, 5.74) is -1.42. The van der Waals surface area contributed by atoms with Crippen molar-refractivity contribution in [1.29, 1.82) is 0 Å². The van der Waals surface area contributed by atoms with Crippen LogP contribution in [0, 0.1) is 0 Å². The fraction of sp³-hybridized carbons (Fsp3) is 1.00. The van der Waals surface area contributed by atoms with Gasteiger partial charge in [-0.2, -0.15) is 0 Å². The normalized spacial score (nSPS) is 12.4. The van der Waals surface area contributed by atoms with Gasteiger partial charge in [-0.25, -0.2) is 8.42 Å². The molecular formula is C4H9NaO4S. The summed E-state index contributed by atoms with van der Waals surface area (Å²) in [6, 6.07) is 0. The first-order valence-corrected chi connectivity index (χ1v) is 3.94. The Balaban J connectivity index is 0. The second-order valence-corrected chi connectivity index (χ2v) is 3.92.